The summed E-state index contributed by atoms with van der Waals surface area (Å²) in [5.74, 6) is 0.127. The highest BCUT2D eigenvalue weighted by atomic mass is 79.9. The molecule has 8 heteroatoms. The normalized spacial score (nSPS) is 12.3. The summed E-state index contributed by atoms with van der Waals surface area (Å²) in [4.78, 5) is 17.3. The first-order valence-electron chi connectivity index (χ1n) is 6.07. The van der Waals surface area contributed by atoms with E-state index in [4.69, 9.17) is 20.3 Å². The van der Waals surface area contributed by atoms with Gasteiger partial charge in [-0.2, -0.15) is 0 Å². The molecule has 1 atom stereocenters. The molecule has 1 aromatic rings. The average molecular weight is 370 g/mol. The number of hydrogen-bond donors (Lipinski definition) is 3. The summed E-state index contributed by atoms with van der Waals surface area (Å²) in [6.45, 7) is 7.47. The number of hydrogen-bond acceptors (Lipinski definition) is 4. The number of nitrogens with two attached hydrogens (primary N) is 1. The lowest BCUT2D eigenvalue weighted by Crippen LogP contribution is -1.97. The van der Waals surface area contributed by atoms with Crippen LogP contribution in [0, 0.1) is 0 Å². The Morgan fingerprint density at radius 1 is 1.35 bits per heavy atom. The molecule has 0 fully saturated rings. The van der Waals surface area contributed by atoms with Crippen LogP contribution in [0.5, 0.6) is 5.75 Å². The van der Waals surface area contributed by atoms with E-state index in [2.05, 4.69) is 20.5 Å². The lowest BCUT2D eigenvalue weighted by atomic mass is 10.1. The zero-order valence-corrected chi connectivity index (χ0v) is 14.2. The van der Waals surface area contributed by atoms with Crippen LogP contribution < -0.4 is 10.3 Å². The van der Waals surface area contributed by atoms with Gasteiger partial charge in [-0.25, -0.2) is 4.57 Å². The van der Waals surface area contributed by atoms with Gasteiger partial charge in [0.1, 0.15) is 5.75 Å². The van der Waals surface area contributed by atoms with Gasteiger partial charge in [0.25, 0.3) is 0 Å². The highest BCUT2D eigenvalue weighted by Crippen LogP contribution is 2.42. The standard InChI is InChI=1S/C8H11BrNO4P.C4H10O/c1-5(9)7-4-6(10)2-3-8(7)14-15(11,12)13;1-3-5-4-2/h2-5H,10H2,1H3,(H2,11,12,13);3-4H2,1-2H3. The van der Waals surface area contributed by atoms with Crippen molar-refractivity contribution in [3.05, 3.63) is 23.8 Å². The monoisotopic (exact) mass is 369 g/mol. The summed E-state index contributed by atoms with van der Waals surface area (Å²) in [5.41, 5.74) is 6.66. The Morgan fingerprint density at radius 3 is 2.25 bits per heavy atom. The van der Waals surface area contributed by atoms with Crippen LogP contribution >= 0.6 is 23.8 Å². The molecule has 0 amide bonds. The van der Waals surface area contributed by atoms with E-state index in [1.807, 2.05) is 13.8 Å². The van der Waals surface area contributed by atoms with Gasteiger partial charge in [-0.05, 0) is 39.0 Å². The highest BCUT2D eigenvalue weighted by Gasteiger charge is 2.19. The molecule has 1 aromatic carbocycles. The van der Waals surface area contributed by atoms with E-state index in [0.717, 1.165) is 13.2 Å². The van der Waals surface area contributed by atoms with E-state index in [9.17, 15) is 4.57 Å². The number of alkyl halides is 1. The molecule has 20 heavy (non-hydrogen) atoms. The molecule has 0 spiro atoms. The van der Waals surface area contributed by atoms with E-state index >= 15 is 0 Å². The summed E-state index contributed by atoms with van der Waals surface area (Å²) in [7, 11) is -4.53. The minimum absolute atomic E-state index is 0.109. The van der Waals surface area contributed by atoms with Gasteiger partial charge in [-0.15, -0.1) is 0 Å². The molecule has 1 rings (SSSR count). The van der Waals surface area contributed by atoms with Crippen molar-refractivity contribution in [3.63, 3.8) is 0 Å². The van der Waals surface area contributed by atoms with Crippen LogP contribution in [-0.2, 0) is 9.30 Å². The lowest BCUT2D eigenvalue weighted by molar-refractivity contribution is 0.162. The SMILES string of the molecule is CC(Br)c1cc(N)ccc1OP(=O)(O)O.CCOCC. The summed E-state index contributed by atoms with van der Waals surface area (Å²) in [6, 6.07) is 4.55. The van der Waals surface area contributed by atoms with Crippen LogP contribution in [0.2, 0.25) is 0 Å². The quantitative estimate of drug-likeness (QED) is 0.418. The van der Waals surface area contributed by atoms with Gasteiger partial charge in [0.2, 0.25) is 0 Å². The fourth-order valence-corrected chi connectivity index (χ4v) is 2.07. The fourth-order valence-electron chi connectivity index (χ4n) is 1.29. The predicted octanol–water partition coefficient (Wildman–Crippen LogP) is 3.24. The predicted molar refractivity (Wildman–Crippen MR) is 83.0 cm³/mol. The minimum Gasteiger partial charge on any atom is -0.404 e. The summed E-state index contributed by atoms with van der Waals surface area (Å²) >= 11 is 3.29. The molecule has 0 aliphatic rings. The fraction of sp³-hybridized carbons (Fsp3) is 0.500. The zero-order valence-electron chi connectivity index (χ0n) is 11.7. The molecule has 0 aliphatic heterocycles. The number of nitrogen functional groups attached to an aromatic ring is 1. The smallest absolute Gasteiger partial charge is 0.404 e. The first-order chi connectivity index (χ1) is 9.21. The molecule has 4 N–H and O–H groups in total. The number of rotatable bonds is 5. The van der Waals surface area contributed by atoms with Gasteiger partial charge in [0.15, 0.2) is 0 Å². The summed E-state index contributed by atoms with van der Waals surface area (Å²) in [6.07, 6.45) is 0. The van der Waals surface area contributed by atoms with E-state index in [-0.39, 0.29) is 10.6 Å². The molecule has 6 nitrogen and oxygen atoms in total. The molecule has 0 aromatic heterocycles. The van der Waals surface area contributed by atoms with Crippen LogP contribution in [0.3, 0.4) is 0 Å². The van der Waals surface area contributed by atoms with Crippen LogP contribution in [0.25, 0.3) is 0 Å². The van der Waals surface area contributed by atoms with Gasteiger partial charge in [-0.1, -0.05) is 15.9 Å². The maximum absolute atomic E-state index is 10.7. The van der Waals surface area contributed by atoms with E-state index in [1.54, 1.807) is 13.0 Å². The molecule has 0 bridgehead atoms. The van der Waals surface area contributed by atoms with Gasteiger partial charge in [0.05, 0.1) is 0 Å². The van der Waals surface area contributed by atoms with Crippen molar-refractivity contribution in [2.24, 2.45) is 0 Å². The van der Waals surface area contributed by atoms with Crippen molar-refractivity contribution in [1.82, 2.24) is 0 Å². The zero-order chi connectivity index (χ0) is 15.8. The number of anilines is 1. The van der Waals surface area contributed by atoms with Crippen LogP contribution in [-0.4, -0.2) is 23.0 Å². The maximum Gasteiger partial charge on any atom is 0.524 e. The van der Waals surface area contributed by atoms with Gasteiger partial charge >= 0.3 is 7.82 Å². The third-order valence-electron chi connectivity index (χ3n) is 2.09. The van der Waals surface area contributed by atoms with Crippen LogP contribution in [0.15, 0.2) is 18.2 Å². The Bertz CT molecular complexity index is 447. The number of benzene rings is 1. The molecule has 0 saturated carbocycles. The highest BCUT2D eigenvalue weighted by molar-refractivity contribution is 9.09. The number of halogens is 1. The van der Waals surface area contributed by atoms with Crippen molar-refractivity contribution in [2.45, 2.75) is 25.6 Å². The Hall–Kier alpha value is -0.590. The van der Waals surface area contributed by atoms with Gasteiger partial charge < -0.3 is 15.0 Å². The van der Waals surface area contributed by atoms with Crippen molar-refractivity contribution >= 4 is 29.4 Å². The molecule has 0 aliphatic carbocycles. The molecule has 1 unspecified atom stereocenters. The van der Waals surface area contributed by atoms with Crippen LogP contribution in [0.4, 0.5) is 5.69 Å². The maximum atomic E-state index is 10.7. The van der Waals surface area contributed by atoms with Crippen molar-refractivity contribution < 1.29 is 23.6 Å². The van der Waals surface area contributed by atoms with Crippen LogP contribution in [0.1, 0.15) is 31.2 Å². The second kappa shape index (κ2) is 9.37. The molecule has 116 valence electrons. The molecular weight excluding hydrogens is 349 g/mol. The number of phosphoric ester groups is 1. The van der Waals surface area contributed by atoms with E-state index < -0.39 is 7.82 Å². The first-order valence-corrected chi connectivity index (χ1v) is 8.52. The second-order valence-electron chi connectivity index (χ2n) is 3.78. The molecule has 0 saturated heterocycles. The van der Waals surface area contributed by atoms with Crippen molar-refractivity contribution in [3.8, 4) is 5.75 Å². The summed E-state index contributed by atoms with van der Waals surface area (Å²) < 4.78 is 20.0. The minimum atomic E-state index is -4.53. The summed E-state index contributed by atoms with van der Waals surface area (Å²) in [5, 5.41) is 0. The van der Waals surface area contributed by atoms with Gasteiger partial charge in [-0.3, -0.25) is 9.79 Å². The number of ether oxygens (including phenoxy) is 1. The Kier molecular flexibility index (Phi) is 9.09. The average Bonchev–Trinajstić information content (AvgIpc) is 2.31. The Balaban J connectivity index is 0.000000621. The van der Waals surface area contributed by atoms with Gasteiger partial charge in [0, 0.05) is 29.3 Å². The molecular formula is C12H21BrNO5P. The van der Waals surface area contributed by atoms with Crippen molar-refractivity contribution in [1.29, 1.82) is 0 Å². The topological polar surface area (TPSA) is 102 Å². The lowest BCUT2D eigenvalue weighted by Gasteiger charge is -2.13. The third-order valence-corrected chi connectivity index (χ3v) is 3.02. The number of phosphoric acid groups is 1. The second-order valence-corrected chi connectivity index (χ2v) is 6.31. The van der Waals surface area contributed by atoms with E-state index in [0.29, 0.717) is 11.3 Å². The largest absolute Gasteiger partial charge is 0.524 e. The Morgan fingerprint density at radius 2 is 1.90 bits per heavy atom. The van der Waals surface area contributed by atoms with E-state index in [1.165, 1.54) is 12.1 Å². The Labute approximate surface area is 127 Å². The first kappa shape index (κ1) is 19.4. The molecule has 0 radical (unpaired) electrons. The third kappa shape index (κ3) is 8.55. The molecule has 0 heterocycles. The van der Waals surface area contributed by atoms with Crippen molar-refractivity contribution in [2.75, 3.05) is 18.9 Å².